The number of fused-ring (bicyclic) bond motifs is 1. The van der Waals surface area contributed by atoms with Crippen LogP contribution in [-0.2, 0) is 6.42 Å². The third kappa shape index (κ3) is 2.21. The van der Waals surface area contributed by atoms with Crippen LogP contribution in [0.4, 0.5) is 0 Å². The molecule has 19 heavy (non-hydrogen) atoms. The Hall–Kier alpha value is -1.55. The number of pyridine rings is 1. The molecule has 3 rings (SSSR count). The smallest absolute Gasteiger partial charge is 0.141 e. The van der Waals surface area contributed by atoms with Gasteiger partial charge in [-0.3, -0.25) is 4.90 Å². The number of imidazole rings is 1. The minimum Gasteiger partial charge on any atom is -0.506 e. The lowest BCUT2D eigenvalue weighted by atomic mass is 10.1. The Morgan fingerprint density at radius 2 is 2.32 bits per heavy atom. The monoisotopic (exact) mass is 259 g/mol. The first-order valence-electron chi connectivity index (χ1n) is 7.06. The molecule has 0 aromatic carbocycles. The van der Waals surface area contributed by atoms with Gasteiger partial charge in [-0.05, 0) is 45.4 Å². The van der Waals surface area contributed by atoms with Gasteiger partial charge < -0.3 is 9.51 Å². The van der Waals surface area contributed by atoms with Gasteiger partial charge >= 0.3 is 0 Å². The predicted octanol–water partition coefficient (Wildman–Crippen LogP) is 2.46. The summed E-state index contributed by atoms with van der Waals surface area (Å²) in [5.41, 5.74) is 0.798. The van der Waals surface area contributed by atoms with Crippen LogP contribution < -0.4 is 0 Å². The Kier molecular flexibility index (Phi) is 3.19. The lowest BCUT2D eigenvalue weighted by Gasteiger charge is -2.27. The van der Waals surface area contributed by atoms with Crippen molar-refractivity contribution in [2.24, 2.45) is 0 Å². The number of likely N-dealkylation sites (tertiary alicyclic amines) is 1. The first kappa shape index (κ1) is 12.5. The van der Waals surface area contributed by atoms with Gasteiger partial charge in [-0.15, -0.1) is 0 Å². The second-order valence-corrected chi connectivity index (χ2v) is 5.65. The van der Waals surface area contributed by atoms with Crippen molar-refractivity contribution in [1.82, 2.24) is 14.3 Å². The lowest BCUT2D eigenvalue weighted by molar-refractivity contribution is 0.201. The predicted molar refractivity (Wildman–Crippen MR) is 75.4 cm³/mol. The highest BCUT2D eigenvalue weighted by atomic mass is 16.3. The molecule has 1 fully saturated rings. The number of nitrogens with zero attached hydrogens (tertiary/aromatic N) is 3. The number of aromatic nitrogens is 2. The molecule has 0 saturated carbocycles. The Morgan fingerprint density at radius 1 is 1.47 bits per heavy atom. The highest BCUT2D eigenvalue weighted by Crippen LogP contribution is 2.25. The van der Waals surface area contributed by atoms with E-state index in [0.29, 0.717) is 17.8 Å². The second kappa shape index (κ2) is 4.85. The van der Waals surface area contributed by atoms with E-state index in [2.05, 4.69) is 23.7 Å². The summed E-state index contributed by atoms with van der Waals surface area (Å²) in [4.78, 5) is 7.05. The van der Waals surface area contributed by atoms with Crippen LogP contribution in [0.3, 0.4) is 0 Å². The molecule has 1 aliphatic rings. The Bertz CT molecular complexity index is 576. The van der Waals surface area contributed by atoms with Crippen LogP contribution in [0.2, 0.25) is 0 Å². The Balaban J connectivity index is 1.87. The molecule has 4 heteroatoms. The van der Waals surface area contributed by atoms with E-state index in [0.717, 1.165) is 17.8 Å². The van der Waals surface area contributed by atoms with Gasteiger partial charge in [-0.25, -0.2) is 4.98 Å². The third-order valence-electron chi connectivity index (χ3n) is 4.13. The number of rotatable bonds is 3. The molecule has 3 heterocycles. The van der Waals surface area contributed by atoms with Gasteiger partial charge in [0.15, 0.2) is 0 Å². The molecule has 4 nitrogen and oxygen atoms in total. The van der Waals surface area contributed by atoms with Crippen LogP contribution in [-0.4, -0.2) is 38.0 Å². The lowest BCUT2D eigenvalue weighted by Crippen LogP contribution is -2.37. The fourth-order valence-corrected chi connectivity index (χ4v) is 3.18. The molecule has 1 atom stereocenters. The van der Waals surface area contributed by atoms with Crippen molar-refractivity contribution in [2.45, 2.75) is 45.2 Å². The van der Waals surface area contributed by atoms with E-state index in [-0.39, 0.29) is 0 Å². The minimum absolute atomic E-state index is 0.299. The summed E-state index contributed by atoms with van der Waals surface area (Å²) >= 11 is 0. The molecule has 2 aromatic rings. The first-order valence-corrected chi connectivity index (χ1v) is 7.06. The van der Waals surface area contributed by atoms with Crippen LogP contribution >= 0.6 is 0 Å². The van der Waals surface area contributed by atoms with Crippen molar-refractivity contribution in [3.8, 4) is 5.75 Å². The van der Waals surface area contributed by atoms with Crippen LogP contribution in [0.5, 0.6) is 5.75 Å². The normalized spacial score (nSPS) is 20.7. The van der Waals surface area contributed by atoms with Gasteiger partial charge in [0.1, 0.15) is 17.1 Å². The molecule has 102 valence electrons. The van der Waals surface area contributed by atoms with Crippen LogP contribution in [0.15, 0.2) is 24.5 Å². The molecule has 1 N–H and O–H groups in total. The number of hydrogen-bond acceptors (Lipinski definition) is 3. The summed E-state index contributed by atoms with van der Waals surface area (Å²) in [5, 5.41) is 9.81. The van der Waals surface area contributed by atoms with Gasteiger partial charge in [0.2, 0.25) is 0 Å². The largest absolute Gasteiger partial charge is 0.506 e. The van der Waals surface area contributed by atoms with E-state index in [1.807, 2.05) is 16.7 Å². The fourth-order valence-electron chi connectivity index (χ4n) is 3.18. The highest BCUT2D eigenvalue weighted by Gasteiger charge is 2.27. The van der Waals surface area contributed by atoms with Crippen LogP contribution in [0, 0.1) is 0 Å². The second-order valence-electron chi connectivity index (χ2n) is 5.65. The van der Waals surface area contributed by atoms with Crippen molar-refractivity contribution in [2.75, 3.05) is 6.54 Å². The standard InChI is InChI=1S/C15H21N3O/c1-11(2)17-7-3-5-12(17)9-15-16-10-13-14(19)6-4-8-18(13)15/h4,6,8,10-12,19H,3,5,7,9H2,1-2H3. The zero-order valence-corrected chi connectivity index (χ0v) is 11.6. The maximum Gasteiger partial charge on any atom is 0.141 e. The molecule has 0 bridgehead atoms. The summed E-state index contributed by atoms with van der Waals surface area (Å²) < 4.78 is 2.01. The molecule has 2 aromatic heterocycles. The summed E-state index contributed by atoms with van der Waals surface area (Å²) in [5.74, 6) is 1.34. The SMILES string of the molecule is CC(C)N1CCCC1Cc1ncc2c(O)cccn12. The quantitative estimate of drug-likeness (QED) is 0.920. The van der Waals surface area contributed by atoms with Crippen LogP contribution in [0.1, 0.15) is 32.5 Å². The Morgan fingerprint density at radius 3 is 3.11 bits per heavy atom. The van der Waals surface area contributed by atoms with Gasteiger partial charge in [0, 0.05) is 24.7 Å². The third-order valence-corrected chi connectivity index (χ3v) is 4.13. The van der Waals surface area contributed by atoms with E-state index in [4.69, 9.17) is 0 Å². The van der Waals surface area contributed by atoms with Gasteiger partial charge in [0.05, 0.1) is 6.20 Å². The molecular formula is C15H21N3O. The molecule has 0 aliphatic carbocycles. The fraction of sp³-hybridized carbons (Fsp3) is 0.533. The van der Waals surface area contributed by atoms with Gasteiger partial charge in [0.25, 0.3) is 0 Å². The topological polar surface area (TPSA) is 40.8 Å². The van der Waals surface area contributed by atoms with Crippen molar-refractivity contribution < 1.29 is 5.11 Å². The zero-order chi connectivity index (χ0) is 13.4. The molecular weight excluding hydrogens is 238 g/mol. The molecule has 0 radical (unpaired) electrons. The zero-order valence-electron chi connectivity index (χ0n) is 11.6. The molecule has 1 saturated heterocycles. The number of aromatic hydroxyl groups is 1. The Labute approximate surface area is 113 Å². The van der Waals surface area contributed by atoms with Crippen molar-refractivity contribution >= 4 is 5.52 Å². The van der Waals surface area contributed by atoms with Gasteiger partial charge in [-0.1, -0.05) is 0 Å². The summed E-state index contributed by atoms with van der Waals surface area (Å²) in [6.07, 6.45) is 7.21. The molecule has 0 amide bonds. The highest BCUT2D eigenvalue weighted by molar-refractivity contribution is 5.58. The van der Waals surface area contributed by atoms with E-state index in [1.54, 1.807) is 12.3 Å². The molecule has 0 spiro atoms. The molecule has 1 unspecified atom stereocenters. The first-order chi connectivity index (χ1) is 9.16. The summed E-state index contributed by atoms with van der Waals surface area (Å²) in [7, 11) is 0. The van der Waals surface area contributed by atoms with E-state index in [9.17, 15) is 5.11 Å². The van der Waals surface area contributed by atoms with Crippen molar-refractivity contribution in [3.05, 3.63) is 30.4 Å². The maximum atomic E-state index is 9.81. The summed E-state index contributed by atoms with van der Waals surface area (Å²) in [6.45, 7) is 5.71. The average Bonchev–Trinajstić information content (AvgIpc) is 2.98. The van der Waals surface area contributed by atoms with Crippen LogP contribution in [0.25, 0.3) is 5.52 Å². The molecule has 1 aliphatic heterocycles. The minimum atomic E-state index is 0.299. The van der Waals surface area contributed by atoms with Gasteiger partial charge in [-0.2, -0.15) is 0 Å². The van der Waals surface area contributed by atoms with E-state index < -0.39 is 0 Å². The maximum absolute atomic E-state index is 9.81. The van der Waals surface area contributed by atoms with E-state index in [1.165, 1.54) is 19.4 Å². The van der Waals surface area contributed by atoms with E-state index >= 15 is 0 Å². The van der Waals surface area contributed by atoms with Crippen molar-refractivity contribution in [1.29, 1.82) is 0 Å². The summed E-state index contributed by atoms with van der Waals surface area (Å²) in [6, 6.07) is 4.74. The van der Waals surface area contributed by atoms with Crippen molar-refractivity contribution in [3.63, 3.8) is 0 Å². The number of hydrogen-bond donors (Lipinski definition) is 1. The average molecular weight is 259 g/mol.